The molecule has 0 spiro atoms. The van der Waals surface area contributed by atoms with E-state index in [2.05, 4.69) is 5.32 Å². The summed E-state index contributed by atoms with van der Waals surface area (Å²) in [4.78, 5) is 21.1. The first-order chi connectivity index (χ1) is 8.43. The Balaban J connectivity index is 2.96. The SMILES string of the molecule is COc1ccc([N+](=O)[O-])c(NC(C)CC(N)=O)c1. The number of carbonyl (C=O) groups excluding carboxylic acids is 1. The number of nitro benzene ring substituents is 1. The van der Waals surface area contributed by atoms with Gasteiger partial charge in [0.05, 0.1) is 12.0 Å². The minimum absolute atomic E-state index is 0.0767. The minimum Gasteiger partial charge on any atom is -0.497 e. The first-order valence-corrected chi connectivity index (χ1v) is 5.31. The van der Waals surface area contributed by atoms with E-state index in [1.54, 1.807) is 6.92 Å². The zero-order chi connectivity index (χ0) is 13.7. The second kappa shape index (κ2) is 5.85. The van der Waals surface area contributed by atoms with E-state index in [-0.39, 0.29) is 18.2 Å². The van der Waals surface area contributed by atoms with Gasteiger partial charge in [-0.3, -0.25) is 14.9 Å². The second-order valence-corrected chi connectivity index (χ2v) is 3.86. The van der Waals surface area contributed by atoms with E-state index in [4.69, 9.17) is 10.5 Å². The average Bonchev–Trinajstić information content (AvgIpc) is 2.27. The number of nitrogens with one attached hydrogen (secondary N) is 1. The highest BCUT2D eigenvalue weighted by Gasteiger charge is 2.17. The molecular weight excluding hydrogens is 238 g/mol. The van der Waals surface area contributed by atoms with Crippen LogP contribution in [0.2, 0.25) is 0 Å². The fraction of sp³-hybridized carbons (Fsp3) is 0.364. The Labute approximate surface area is 104 Å². The monoisotopic (exact) mass is 253 g/mol. The number of anilines is 1. The molecule has 18 heavy (non-hydrogen) atoms. The van der Waals surface area contributed by atoms with Crippen LogP contribution >= 0.6 is 0 Å². The highest BCUT2D eigenvalue weighted by molar-refractivity contribution is 5.75. The molecule has 0 bridgehead atoms. The van der Waals surface area contributed by atoms with Gasteiger partial charge in [-0.25, -0.2) is 0 Å². The summed E-state index contributed by atoms with van der Waals surface area (Å²) in [5, 5.41) is 13.7. The van der Waals surface area contributed by atoms with Crippen molar-refractivity contribution in [1.82, 2.24) is 0 Å². The zero-order valence-electron chi connectivity index (χ0n) is 10.2. The lowest BCUT2D eigenvalue weighted by Gasteiger charge is -2.14. The molecule has 0 aromatic heterocycles. The summed E-state index contributed by atoms with van der Waals surface area (Å²) in [5.41, 5.74) is 5.29. The van der Waals surface area contributed by atoms with Gasteiger partial charge in [0.2, 0.25) is 5.91 Å². The van der Waals surface area contributed by atoms with E-state index in [0.29, 0.717) is 11.4 Å². The fourth-order valence-electron chi connectivity index (χ4n) is 1.54. The third-order valence-electron chi connectivity index (χ3n) is 2.31. The number of primary amides is 1. The largest absolute Gasteiger partial charge is 0.497 e. The molecule has 0 radical (unpaired) electrons. The summed E-state index contributed by atoms with van der Waals surface area (Å²) in [6.45, 7) is 1.72. The molecule has 7 nitrogen and oxygen atoms in total. The highest BCUT2D eigenvalue weighted by atomic mass is 16.6. The van der Waals surface area contributed by atoms with Gasteiger partial charge in [0.1, 0.15) is 11.4 Å². The van der Waals surface area contributed by atoms with Crippen molar-refractivity contribution >= 4 is 17.3 Å². The second-order valence-electron chi connectivity index (χ2n) is 3.86. The third-order valence-corrected chi connectivity index (χ3v) is 2.31. The Bertz CT molecular complexity index is 462. The zero-order valence-corrected chi connectivity index (χ0v) is 10.2. The summed E-state index contributed by atoms with van der Waals surface area (Å²) < 4.78 is 5.00. The predicted octanol–water partition coefficient (Wildman–Crippen LogP) is 1.28. The molecule has 1 aromatic carbocycles. The summed E-state index contributed by atoms with van der Waals surface area (Å²) >= 11 is 0. The molecule has 0 aliphatic carbocycles. The number of hydrogen-bond donors (Lipinski definition) is 2. The van der Waals surface area contributed by atoms with Gasteiger partial charge < -0.3 is 15.8 Å². The van der Waals surface area contributed by atoms with Crippen LogP contribution in [0.1, 0.15) is 13.3 Å². The molecule has 0 saturated heterocycles. The Morgan fingerprint density at radius 1 is 1.61 bits per heavy atom. The Morgan fingerprint density at radius 3 is 2.78 bits per heavy atom. The lowest BCUT2D eigenvalue weighted by Crippen LogP contribution is -2.24. The van der Waals surface area contributed by atoms with Crippen molar-refractivity contribution in [2.24, 2.45) is 5.73 Å². The Kier molecular flexibility index (Phi) is 4.47. The van der Waals surface area contributed by atoms with Gasteiger partial charge in [0.15, 0.2) is 0 Å². The van der Waals surface area contributed by atoms with Gasteiger partial charge in [-0.2, -0.15) is 0 Å². The number of rotatable bonds is 6. The van der Waals surface area contributed by atoms with E-state index in [1.807, 2.05) is 0 Å². The number of nitrogens with two attached hydrogens (primary N) is 1. The maximum Gasteiger partial charge on any atom is 0.292 e. The quantitative estimate of drug-likeness (QED) is 0.586. The van der Waals surface area contributed by atoms with Gasteiger partial charge in [-0.15, -0.1) is 0 Å². The molecule has 1 amide bonds. The number of ether oxygens (including phenoxy) is 1. The molecule has 1 unspecified atom stereocenters. The summed E-state index contributed by atoms with van der Waals surface area (Å²) in [5.74, 6) is 0.0231. The highest BCUT2D eigenvalue weighted by Crippen LogP contribution is 2.29. The van der Waals surface area contributed by atoms with Crippen LogP contribution in [0.3, 0.4) is 0 Å². The van der Waals surface area contributed by atoms with Crippen molar-refractivity contribution in [1.29, 1.82) is 0 Å². The molecule has 0 heterocycles. The van der Waals surface area contributed by atoms with Crippen LogP contribution in [0.5, 0.6) is 5.75 Å². The van der Waals surface area contributed by atoms with Gasteiger partial charge in [0, 0.05) is 24.6 Å². The van der Waals surface area contributed by atoms with E-state index < -0.39 is 10.8 Å². The van der Waals surface area contributed by atoms with Crippen molar-refractivity contribution < 1.29 is 14.5 Å². The van der Waals surface area contributed by atoms with Crippen LogP contribution in [-0.2, 0) is 4.79 Å². The summed E-state index contributed by atoms with van der Waals surface area (Å²) in [6, 6.07) is 4.06. The minimum atomic E-state index is -0.501. The Hall–Kier alpha value is -2.31. The van der Waals surface area contributed by atoms with Crippen LogP contribution in [0.4, 0.5) is 11.4 Å². The van der Waals surface area contributed by atoms with Crippen LogP contribution in [0, 0.1) is 10.1 Å². The molecule has 98 valence electrons. The third kappa shape index (κ3) is 3.62. The van der Waals surface area contributed by atoms with E-state index in [0.717, 1.165) is 0 Å². The van der Waals surface area contributed by atoms with E-state index in [9.17, 15) is 14.9 Å². The van der Waals surface area contributed by atoms with Crippen molar-refractivity contribution in [2.75, 3.05) is 12.4 Å². The summed E-state index contributed by atoms with van der Waals surface area (Å²) in [7, 11) is 1.47. The molecular formula is C11H15N3O4. The normalized spacial score (nSPS) is 11.7. The topological polar surface area (TPSA) is 107 Å². The van der Waals surface area contributed by atoms with Crippen molar-refractivity contribution in [3.05, 3.63) is 28.3 Å². The lowest BCUT2D eigenvalue weighted by atomic mass is 10.2. The maximum absolute atomic E-state index is 10.9. The van der Waals surface area contributed by atoms with Crippen LogP contribution in [0.15, 0.2) is 18.2 Å². The molecule has 0 aliphatic heterocycles. The molecule has 0 saturated carbocycles. The van der Waals surface area contributed by atoms with Gasteiger partial charge >= 0.3 is 0 Å². The molecule has 1 rings (SSSR count). The van der Waals surface area contributed by atoms with Crippen LogP contribution in [-0.4, -0.2) is 24.0 Å². The number of methoxy groups -OCH3 is 1. The molecule has 1 aromatic rings. The molecule has 7 heteroatoms. The molecule has 1 atom stereocenters. The fourth-order valence-corrected chi connectivity index (χ4v) is 1.54. The number of carbonyl (C=O) groups is 1. The van der Waals surface area contributed by atoms with E-state index in [1.165, 1.54) is 25.3 Å². The average molecular weight is 253 g/mol. The first-order valence-electron chi connectivity index (χ1n) is 5.31. The lowest BCUT2D eigenvalue weighted by molar-refractivity contribution is -0.384. The van der Waals surface area contributed by atoms with Crippen LogP contribution in [0.25, 0.3) is 0 Å². The van der Waals surface area contributed by atoms with Crippen molar-refractivity contribution in [3.8, 4) is 5.75 Å². The molecule has 0 aliphatic rings. The van der Waals surface area contributed by atoms with Crippen LogP contribution < -0.4 is 15.8 Å². The van der Waals surface area contributed by atoms with E-state index >= 15 is 0 Å². The molecule has 0 fully saturated rings. The van der Waals surface area contributed by atoms with Crippen molar-refractivity contribution in [3.63, 3.8) is 0 Å². The molecule has 3 N–H and O–H groups in total. The maximum atomic E-state index is 10.9. The van der Waals surface area contributed by atoms with Gasteiger partial charge in [0.25, 0.3) is 5.69 Å². The van der Waals surface area contributed by atoms with Gasteiger partial charge in [-0.1, -0.05) is 0 Å². The first kappa shape index (κ1) is 13.8. The predicted molar refractivity (Wildman–Crippen MR) is 66.5 cm³/mol. The van der Waals surface area contributed by atoms with Gasteiger partial charge in [-0.05, 0) is 13.0 Å². The Morgan fingerprint density at radius 2 is 2.28 bits per heavy atom. The number of nitro groups is 1. The number of amides is 1. The standard InChI is InChI=1S/C11H15N3O4/c1-7(5-11(12)15)13-9-6-8(18-2)3-4-10(9)14(16)17/h3-4,6-7,13H,5H2,1-2H3,(H2,12,15). The van der Waals surface area contributed by atoms with Crippen molar-refractivity contribution in [2.45, 2.75) is 19.4 Å². The number of hydrogen-bond acceptors (Lipinski definition) is 5. The smallest absolute Gasteiger partial charge is 0.292 e. The summed E-state index contributed by atoms with van der Waals surface area (Å²) in [6.07, 6.45) is 0.0916. The number of benzene rings is 1. The number of nitrogens with zero attached hydrogens (tertiary/aromatic N) is 1.